The van der Waals surface area contributed by atoms with Crippen molar-refractivity contribution in [1.82, 2.24) is 18.3 Å². The van der Waals surface area contributed by atoms with Crippen LogP contribution in [0, 0.1) is 5.82 Å². The molecule has 0 spiro atoms. The number of carbonyl (C=O) groups is 2. The largest absolute Gasteiger partial charge is 0.420 e. The van der Waals surface area contributed by atoms with Crippen molar-refractivity contribution in [2.24, 2.45) is 7.05 Å². The van der Waals surface area contributed by atoms with Gasteiger partial charge in [-0.3, -0.25) is 28.3 Å². The Labute approximate surface area is 251 Å². The average molecular weight is 627 g/mol. The molecule has 228 valence electrons. The summed E-state index contributed by atoms with van der Waals surface area (Å²) in [4.78, 5) is 77.2. The highest BCUT2D eigenvalue weighted by Crippen LogP contribution is 2.23. The SMILES string of the molecule is Cn1c(C(=O)Oc2cc(=O)n(COCc3ccccc3)cc2Cl)cc(=O)cc1C(=O)n1c(=O)c(F)cn(C2CCCO2)c1=O. The summed E-state index contributed by atoms with van der Waals surface area (Å²) in [7, 11) is 1.19. The fraction of sp³-hybridized carbons (Fsp3) is 0.241. The van der Waals surface area contributed by atoms with Crippen LogP contribution in [0.1, 0.15) is 45.6 Å². The van der Waals surface area contributed by atoms with Gasteiger partial charge in [0.05, 0.1) is 17.8 Å². The Morgan fingerprint density at radius 2 is 1.77 bits per heavy atom. The number of ether oxygens (including phenoxy) is 3. The third-order valence-corrected chi connectivity index (χ3v) is 7.07. The molecule has 13 nitrogen and oxygen atoms in total. The number of esters is 1. The van der Waals surface area contributed by atoms with Crippen LogP contribution in [0.15, 0.2) is 80.1 Å². The second kappa shape index (κ2) is 12.8. The molecule has 1 saturated heterocycles. The van der Waals surface area contributed by atoms with E-state index in [-0.39, 0.29) is 28.7 Å². The molecule has 1 aliphatic heterocycles. The molecule has 1 atom stereocenters. The van der Waals surface area contributed by atoms with E-state index in [0.29, 0.717) is 25.6 Å². The van der Waals surface area contributed by atoms with Crippen molar-refractivity contribution in [2.75, 3.05) is 6.61 Å². The maximum absolute atomic E-state index is 14.5. The Kier molecular flexibility index (Phi) is 8.85. The van der Waals surface area contributed by atoms with Crippen LogP contribution in [-0.2, 0) is 29.9 Å². The summed E-state index contributed by atoms with van der Waals surface area (Å²) in [6, 6.07) is 11.8. The van der Waals surface area contributed by atoms with Gasteiger partial charge in [0.2, 0.25) is 5.82 Å². The van der Waals surface area contributed by atoms with Crippen molar-refractivity contribution < 1.29 is 28.2 Å². The first-order valence-corrected chi connectivity index (χ1v) is 13.6. The highest BCUT2D eigenvalue weighted by atomic mass is 35.5. The summed E-state index contributed by atoms with van der Waals surface area (Å²) >= 11 is 6.24. The van der Waals surface area contributed by atoms with Gasteiger partial charge in [-0.1, -0.05) is 41.9 Å². The Bertz CT molecular complexity index is 1990. The van der Waals surface area contributed by atoms with Crippen LogP contribution >= 0.6 is 11.6 Å². The second-order valence-corrected chi connectivity index (χ2v) is 10.2. The van der Waals surface area contributed by atoms with E-state index < -0.39 is 57.5 Å². The molecule has 1 aromatic carbocycles. The van der Waals surface area contributed by atoms with E-state index >= 15 is 0 Å². The number of nitrogens with zero attached hydrogens (tertiary/aromatic N) is 4. The van der Waals surface area contributed by atoms with Crippen molar-refractivity contribution >= 4 is 23.5 Å². The van der Waals surface area contributed by atoms with E-state index in [4.69, 9.17) is 25.8 Å². The number of pyridine rings is 2. The smallest absolute Gasteiger partial charge is 0.360 e. The van der Waals surface area contributed by atoms with Gasteiger partial charge >= 0.3 is 11.7 Å². The fourth-order valence-corrected chi connectivity index (χ4v) is 4.76. The molecule has 1 aliphatic rings. The average Bonchev–Trinajstić information content (AvgIpc) is 3.54. The lowest BCUT2D eigenvalue weighted by molar-refractivity contribution is 0.0500. The van der Waals surface area contributed by atoms with E-state index in [1.807, 2.05) is 30.3 Å². The van der Waals surface area contributed by atoms with Crippen molar-refractivity contribution in [1.29, 1.82) is 0 Å². The van der Waals surface area contributed by atoms with Gasteiger partial charge in [0.1, 0.15) is 24.3 Å². The van der Waals surface area contributed by atoms with E-state index in [1.165, 1.54) is 13.2 Å². The first-order chi connectivity index (χ1) is 21.0. The van der Waals surface area contributed by atoms with E-state index in [1.54, 1.807) is 0 Å². The number of hydrogen-bond donors (Lipinski definition) is 0. The summed E-state index contributed by atoms with van der Waals surface area (Å²) < 4.78 is 33.6. The van der Waals surface area contributed by atoms with Crippen LogP contribution < -0.4 is 27.0 Å². The topological polar surface area (TPSA) is 150 Å². The van der Waals surface area contributed by atoms with E-state index in [0.717, 1.165) is 37.5 Å². The number of aromatic nitrogens is 4. The lowest BCUT2D eigenvalue weighted by Gasteiger charge is -2.17. The molecule has 0 bridgehead atoms. The van der Waals surface area contributed by atoms with Crippen molar-refractivity contribution in [3.05, 3.63) is 130 Å². The monoisotopic (exact) mass is 626 g/mol. The molecule has 1 unspecified atom stereocenters. The van der Waals surface area contributed by atoms with Crippen LogP contribution in [0.2, 0.25) is 5.02 Å². The highest BCUT2D eigenvalue weighted by Gasteiger charge is 2.27. The van der Waals surface area contributed by atoms with Gasteiger partial charge in [0, 0.05) is 38.1 Å². The molecule has 15 heteroatoms. The predicted octanol–water partition coefficient (Wildman–Crippen LogP) is 2.05. The molecule has 0 radical (unpaired) electrons. The van der Waals surface area contributed by atoms with Crippen LogP contribution in [0.25, 0.3) is 0 Å². The van der Waals surface area contributed by atoms with Crippen LogP contribution in [-0.4, -0.2) is 36.8 Å². The molecular formula is C29H24ClFN4O9. The number of benzene rings is 1. The number of halogens is 2. The minimum Gasteiger partial charge on any atom is -0.420 e. The molecular weight excluding hydrogens is 603 g/mol. The molecule has 3 aromatic heterocycles. The van der Waals surface area contributed by atoms with Crippen LogP contribution in [0.4, 0.5) is 4.39 Å². The zero-order chi connectivity index (χ0) is 31.5. The zero-order valence-corrected chi connectivity index (χ0v) is 23.9. The maximum atomic E-state index is 14.5. The van der Waals surface area contributed by atoms with Gasteiger partial charge in [-0.2, -0.15) is 8.96 Å². The lowest BCUT2D eigenvalue weighted by atomic mass is 10.2. The summed E-state index contributed by atoms with van der Waals surface area (Å²) in [5, 5.41) is -0.139. The molecule has 0 aliphatic carbocycles. The fourth-order valence-electron chi connectivity index (χ4n) is 4.55. The minimum atomic E-state index is -1.55. The zero-order valence-electron chi connectivity index (χ0n) is 23.1. The summed E-state index contributed by atoms with van der Waals surface area (Å²) in [6.07, 6.45) is 1.89. The number of rotatable bonds is 8. The van der Waals surface area contributed by atoms with E-state index in [9.17, 15) is 33.2 Å². The molecule has 1 fully saturated rings. The van der Waals surface area contributed by atoms with E-state index in [2.05, 4.69) is 0 Å². The normalized spacial score (nSPS) is 14.5. The van der Waals surface area contributed by atoms with Crippen LogP contribution in [0.5, 0.6) is 5.75 Å². The lowest BCUT2D eigenvalue weighted by Crippen LogP contribution is -2.46. The third-order valence-electron chi connectivity index (χ3n) is 6.79. The predicted molar refractivity (Wildman–Crippen MR) is 152 cm³/mol. The number of hydrogen-bond acceptors (Lipinski definition) is 9. The third kappa shape index (κ3) is 6.22. The molecule has 0 amide bonds. The van der Waals surface area contributed by atoms with Gasteiger partial charge in [0.25, 0.3) is 17.0 Å². The second-order valence-electron chi connectivity index (χ2n) is 9.75. The van der Waals surface area contributed by atoms with Gasteiger partial charge in [-0.25, -0.2) is 9.59 Å². The Morgan fingerprint density at radius 1 is 1.05 bits per heavy atom. The van der Waals surface area contributed by atoms with Crippen LogP contribution in [0.3, 0.4) is 0 Å². The molecule has 5 rings (SSSR count). The number of carbonyl (C=O) groups excluding carboxylic acids is 2. The first-order valence-electron chi connectivity index (χ1n) is 13.2. The van der Waals surface area contributed by atoms with Gasteiger partial charge < -0.3 is 18.8 Å². The summed E-state index contributed by atoms with van der Waals surface area (Å²) in [5.74, 6) is -4.30. The minimum absolute atomic E-state index is 0.0251. The molecule has 4 heterocycles. The Hall–Kier alpha value is -4.92. The highest BCUT2D eigenvalue weighted by molar-refractivity contribution is 6.32. The summed E-state index contributed by atoms with van der Waals surface area (Å²) in [6.45, 7) is 0.384. The first kappa shape index (κ1) is 30.5. The maximum Gasteiger partial charge on any atom is 0.360 e. The van der Waals surface area contributed by atoms with Gasteiger partial charge in [-0.15, -0.1) is 0 Å². The van der Waals surface area contributed by atoms with Crippen molar-refractivity contribution in [3.63, 3.8) is 0 Å². The standard InChI is InChI=1S/C29H24ClFN4O9/c1-32-21(27(39)35-26(38)20(31)14-34(29(35)41)25-8-5-9-43-25)10-18(36)11-22(32)28(40)44-23-12-24(37)33(13-19(23)30)16-42-15-17-6-3-2-4-7-17/h2-4,6-7,10-14,25H,5,8-9,15-16H2,1H3. The molecule has 4 aromatic rings. The van der Waals surface area contributed by atoms with Gasteiger partial charge in [0.15, 0.2) is 11.2 Å². The van der Waals surface area contributed by atoms with Gasteiger partial charge in [-0.05, 0) is 18.4 Å². The molecule has 0 N–H and O–H groups in total. The Balaban J connectivity index is 1.41. The molecule has 0 saturated carbocycles. The quantitative estimate of drug-likeness (QED) is 0.268. The molecule has 44 heavy (non-hydrogen) atoms. The van der Waals surface area contributed by atoms with Crippen molar-refractivity contribution in [2.45, 2.75) is 32.4 Å². The summed E-state index contributed by atoms with van der Waals surface area (Å²) in [5.41, 5.74) is -4.40. The van der Waals surface area contributed by atoms with Crippen molar-refractivity contribution in [3.8, 4) is 5.75 Å². The Morgan fingerprint density at radius 3 is 2.48 bits per heavy atom.